The number of hydrogen-bond donors (Lipinski definition) is 3. The van der Waals surface area contributed by atoms with E-state index in [2.05, 4.69) is 25.7 Å². The van der Waals surface area contributed by atoms with E-state index in [1.807, 2.05) is 13.0 Å². The van der Waals surface area contributed by atoms with Crippen molar-refractivity contribution in [2.75, 3.05) is 12.4 Å². The molecule has 2 saturated carbocycles. The minimum absolute atomic E-state index is 0.0306. The Morgan fingerprint density at radius 3 is 2.56 bits per heavy atom. The van der Waals surface area contributed by atoms with E-state index in [1.54, 1.807) is 24.7 Å². The van der Waals surface area contributed by atoms with Gasteiger partial charge in [-0.15, -0.1) is 0 Å². The fraction of sp³-hybridized carbons (Fsp3) is 0.419. The molecule has 6 rings (SSSR count). The number of methoxy groups -OCH3 is 1. The number of ether oxygens (including phenoxy) is 1. The number of alkyl halides is 1. The van der Waals surface area contributed by atoms with Crippen molar-refractivity contribution in [2.24, 2.45) is 11.7 Å². The van der Waals surface area contributed by atoms with Gasteiger partial charge in [-0.2, -0.15) is 9.61 Å². The van der Waals surface area contributed by atoms with Crippen molar-refractivity contribution < 1.29 is 22.7 Å². The number of fused-ring (bicyclic) bond motifs is 1. The van der Waals surface area contributed by atoms with E-state index >= 15 is 13.2 Å². The summed E-state index contributed by atoms with van der Waals surface area (Å²) in [7, 11) is 1.32. The van der Waals surface area contributed by atoms with Crippen LogP contribution in [-0.4, -0.2) is 44.9 Å². The number of nitrogens with one attached hydrogen (secondary N) is 2. The molecule has 4 atom stereocenters. The van der Waals surface area contributed by atoms with Gasteiger partial charge in [-0.3, -0.25) is 4.98 Å². The highest BCUT2D eigenvalue weighted by atomic mass is 19.1. The van der Waals surface area contributed by atoms with Gasteiger partial charge in [0.05, 0.1) is 42.0 Å². The van der Waals surface area contributed by atoms with Gasteiger partial charge in [-0.05, 0) is 91.8 Å². The average molecular weight is 594 g/mol. The molecule has 0 aliphatic heterocycles. The monoisotopic (exact) mass is 593 g/mol. The number of rotatable bonds is 6. The molecule has 1 aromatic carbocycles. The molecule has 3 heterocycles. The Balaban J connectivity index is 1.28. The number of hydrogen-bond acceptors (Lipinski definition) is 7. The van der Waals surface area contributed by atoms with Crippen LogP contribution in [0.3, 0.4) is 0 Å². The SMILES string of the molecule is COC(=O)NC1C(C)CC(c2ccncc2Nc2ncc3ccc(-c4c(F)cc(C5(F)CCCC5)cc4F)nn23)CC1N. The number of pyridine rings is 1. The lowest BCUT2D eigenvalue weighted by Gasteiger charge is -2.39. The van der Waals surface area contributed by atoms with Crippen molar-refractivity contribution in [3.8, 4) is 11.3 Å². The van der Waals surface area contributed by atoms with Crippen LogP contribution in [-0.2, 0) is 10.4 Å². The summed E-state index contributed by atoms with van der Waals surface area (Å²) in [5.74, 6) is -1.24. The first kappa shape index (κ1) is 28.9. The van der Waals surface area contributed by atoms with Gasteiger partial charge in [0.25, 0.3) is 0 Å². The third kappa shape index (κ3) is 5.51. The highest BCUT2D eigenvalue weighted by Crippen LogP contribution is 2.44. The number of nitrogens with two attached hydrogens (primary N) is 1. The van der Waals surface area contributed by atoms with E-state index in [0.717, 1.165) is 24.1 Å². The molecule has 43 heavy (non-hydrogen) atoms. The van der Waals surface area contributed by atoms with Crippen LogP contribution in [0.2, 0.25) is 0 Å². The van der Waals surface area contributed by atoms with Crippen molar-refractivity contribution in [3.05, 3.63) is 71.7 Å². The number of benzene rings is 1. The number of halogens is 3. The molecule has 0 radical (unpaired) electrons. The molecule has 12 heteroatoms. The number of carbonyl (C=O) groups excluding carboxylic acids is 1. The van der Waals surface area contributed by atoms with Crippen molar-refractivity contribution in [2.45, 2.75) is 69.1 Å². The predicted octanol–water partition coefficient (Wildman–Crippen LogP) is 6.12. The largest absolute Gasteiger partial charge is 0.453 e. The number of amides is 1. The van der Waals surface area contributed by atoms with Crippen LogP contribution in [0.4, 0.5) is 29.6 Å². The lowest BCUT2D eigenvalue weighted by molar-refractivity contribution is 0.149. The number of imidazole rings is 1. The van der Waals surface area contributed by atoms with E-state index in [-0.39, 0.29) is 53.6 Å². The van der Waals surface area contributed by atoms with Gasteiger partial charge in [0, 0.05) is 18.3 Å². The van der Waals surface area contributed by atoms with E-state index < -0.39 is 23.4 Å². The smallest absolute Gasteiger partial charge is 0.407 e. The number of alkyl carbamates (subject to hydrolysis) is 1. The number of nitrogens with zero attached hydrogens (tertiary/aromatic N) is 4. The summed E-state index contributed by atoms with van der Waals surface area (Å²) in [6, 6.07) is 6.77. The van der Waals surface area contributed by atoms with Crippen LogP contribution in [0, 0.1) is 17.6 Å². The van der Waals surface area contributed by atoms with Gasteiger partial charge in [0.15, 0.2) is 0 Å². The van der Waals surface area contributed by atoms with Crippen molar-refractivity contribution in [1.82, 2.24) is 24.9 Å². The molecule has 2 aliphatic carbocycles. The average Bonchev–Trinajstić information content (AvgIpc) is 3.61. The molecule has 4 aromatic rings. The van der Waals surface area contributed by atoms with Crippen molar-refractivity contribution in [1.29, 1.82) is 0 Å². The van der Waals surface area contributed by atoms with Crippen LogP contribution < -0.4 is 16.4 Å². The maximum Gasteiger partial charge on any atom is 0.407 e. The molecule has 2 fully saturated rings. The van der Waals surface area contributed by atoms with Gasteiger partial charge in [-0.1, -0.05) is 6.92 Å². The van der Waals surface area contributed by atoms with Gasteiger partial charge < -0.3 is 21.1 Å². The molecule has 9 nitrogen and oxygen atoms in total. The molecule has 1 amide bonds. The molecule has 3 aromatic heterocycles. The minimum Gasteiger partial charge on any atom is -0.453 e. The van der Waals surface area contributed by atoms with E-state index in [1.165, 1.54) is 17.7 Å². The highest BCUT2D eigenvalue weighted by molar-refractivity contribution is 5.68. The van der Waals surface area contributed by atoms with Crippen LogP contribution in [0.5, 0.6) is 0 Å². The first-order valence-corrected chi connectivity index (χ1v) is 14.5. The lowest BCUT2D eigenvalue weighted by atomic mass is 9.73. The number of carbonyl (C=O) groups is 1. The normalized spacial score (nSPS) is 23.3. The highest BCUT2D eigenvalue weighted by Gasteiger charge is 2.38. The number of aromatic nitrogens is 4. The fourth-order valence-electron chi connectivity index (χ4n) is 6.68. The van der Waals surface area contributed by atoms with Gasteiger partial charge in [0.2, 0.25) is 5.95 Å². The Hall–Kier alpha value is -4.19. The molecule has 0 bridgehead atoms. The predicted molar refractivity (Wildman–Crippen MR) is 156 cm³/mol. The molecule has 4 unspecified atom stereocenters. The summed E-state index contributed by atoms with van der Waals surface area (Å²) in [4.78, 5) is 20.6. The molecule has 4 N–H and O–H groups in total. The summed E-state index contributed by atoms with van der Waals surface area (Å²) < 4.78 is 52.1. The van der Waals surface area contributed by atoms with Crippen LogP contribution in [0.25, 0.3) is 16.8 Å². The van der Waals surface area contributed by atoms with Crippen molar-refractivity contribution >= 4 is 23.2 Å². The zero-order valence-corrected chi connectivity index (χ0v) is 24.0. The summed E-state index contributed by atoms with van der Waals surface area (Å²) >= 11 is 0. The van der Waals surface area contributed by atoms with Crippen LogP contribution in [0.1, 0.15) is 62.5 Å². The van der Waals surface area contributed by atoms with Crippen molar-refractivity contribution in [3.63, 3.8) is 0 Å². The number of anilines is 2. The van der Waals surface area contributed by atoms with E-state index in [9.17, 15) is 4.79 Å². The Morgan fingerprint density at radius 1 is 1.12 bits per heavy atom. The summed E-state index contributed by atoms with van der Waals surface area (Å²) in [5, 5.41) is 10.6. The third-order valence-electron chi connectivity index (χ3n) is 8.89. The Labute approximate surface area is 247 Å². The Bertz CT molecular complexity index is 1620. The first-order chi connectivity index (χ1) is 20.7. The molecule has 226 valence electrons. The summed E-state index contributed by atoms with van der Waals surface area (Å²) in [5.41, 5.74) is 6.81. The molecule has 0 saturated heterocycles. The molecular formula is C31H34F3N7O2. The van der Waals surface area contributed by atoms with Gasteiger partial charge in [-0.25, -0.2) is 22.9 Å². The van der Waals surface area contributed by atoms with Crippen LogP contribution in [0.15, 0.2) is 48.9 Å². The second-order valence-corrected chi connectivity index (χ2v) is 11.7. The lowest BCUT2D eigenvalue weighted by Crippen LogP contribution is -2.54. The maximum atomic E-state index is 15.3. The minimum atomic E-state index is -1.71. The van der Waals surface area contributed by atoms with Crippen LogP contribution >= 0.6 is 0 Å². The maximum absolute atomic E-state index is 15.3. The quantitative estimate of drug-likeness (QED) is 0.247. The van der Waals surface area contributed by atoms with E-state index in [0.29, 0.717) is 36.4 Å². The molecule has 0 spiro atoms. The van der Waals surface area contributed by atoms with Gasteiger partial charge in [0.1, 0.15) is 17.3 Å². The zero-order valence-electron chi connectivity index (χ0n) is 24.0. The Morgan fingerprint density at radius 2 is 1.86 bits per heavy atom. The summed E-state index contributed by atoms with van der Waals surface area (Å²) in [6.45, 7) is 2.04. The molecular weight excluding hydrogens is 559 g/mol. The third-order valence-corrected chi connectivity index (χ3v) is 8.89. The second kappa shape index (κ2) is 11.5. The van der Waals surface area contributed by atoms with E-state index in [4.69, 9.17) is 10.5 Å². The standard InChI is InChI=1S/C31H34F3N7O2/c1-17-11-18(12-24(35)28(17)39-30(42)43-2)21-7-10-36-16-26(21)38-29-37-15-20-5-6-25(40-41(20)29)27-22(32)13-19(14-23(27)33)31(34)8-3-4-9-31/h5-7,10,13-18,24,28H,3-4,8-9,11-12,35H2,1-2H3,(H,37,38)(H,39,42). The zero-order chi connectivity index (χ0) is 30.3. The molecule has 2 aliphatic rings. The first-order valence-electron chi connectivity index (χ1n) is 14.5. The fourth-order valence-corrected chi connectivity index (χ4v) is 6.68. The topological polar surface area (TPSA) is 119 Å². The van der Waals surface area contributed by atoms with Gasteiger partial charge >= 0.3 is 6.09 Å². The second-order valence-electron chi connectivity index (χ2n) is 11.7. The Kier molecular flexibility index (Phi) is 7.72. The summed E-state index contributed by atoms with van der Waals surface area (Å²) in [6.07, 6.45) is 7.76.